The maximum absolute atomic E-state index is 12.6. The number of rotatable bonds is 4. The minimum atomic E-state index is -0.199. The van der Waals surface area contributed by atoms with E-state index in [-0.39, 0.29) is 11.9 Å². The van der Waals surface area contributed by atoms with Crippen LogP contribution in [0.15, 0.2) is 24.3 Å². The van der Waals surface area contributed by atoms with Crippen molar-refractivity contribution in [3.8, 4) is 0 Å². The van der Waals surface area contributed by atoms with Crippen LogP contribution in [-0.2, 0) is 6.42 Å². The number of halogens is 1. The van der Waals surface area contributed by atoms with E-state index in [1.54, 1.807) is 12.1 Å². The van der Waals surface area contributed by atoms with Crippen molar-refractivity contribution < 1.29 is 4.39 Å². The smallest absolute Gasteiger partial charge is 0.123 e. The van der Waals surface area contributed by atoms with E-state index in [4.69, 9.17) is 5.84 Å². The predicted molar refractivity (Wildman–Crippen MR) is 56.1 cm³/mol. The van der Waals surface area contributed by atoms with Crippen molar-refractivity contribution >= 4 is 0 Å². The fourth-order valence-electron chi connectivity index (χ4n) is 1.36. The third kappa shape index (κ3) is 3.09. The normalized spacial score (nSPS) is 13.2. The molecule has 0 aromatic heterocycles. The molecule has 0 saturated heterocycles. The second-order valence-corrected chi connectivity index (χ2v) is 3.85. The summed E-state index contributed by atoms with van der Waals surface area (Å²) >= 11 is 0. The highest BCUT2D eigenvalue weighted by Crippen LogP contribution is 2.10. The molecule has 2 nitrogen and oxygen atoms in total. The first-order chi connectivity index (χ1) is 6.63. The Morgan fingerprint density at radius 3 is 2.29 bits per heavy atom. The van der Waals surface area contributed by atoms with Crippen LogP contribution >= 0.6 is 0 Å². The van der Waals surface area contributed by atoms with Gasteiger partial charge in [0.25, 0.3) is 0 Å². The molecular formula is C11H17FN2. The molecule has 0 aliphatic rings. The third-order valence-electron chi connectivity index (χ3n) is 2.39. The van der Waals surface area contributed by atoms with E-state index >= 15 is 0 Å². The van der Waals surface area contributed by atoms with Crippen LogP contribution in [0.4, 0.5) is 4.39 Å². The van der Waals surface area contributed by atoms with Gasteiger partial charge in [-0.15, -0.1) is 0 Å². The van der Waals surface area contributed by atoms with Crippen LogP contribution in [0.1, 0.15) is 19.4 Å². The Kier molecular flexibility index (Phi) is 4.04. The van der Waals surface area contributed by atoms with Gasteiger partial charge in [0.05, 0.1) is 0 Å². The summed E-state index contributed by atoms with van der Waals surface area (Å²) < 4.78 is 12.6. The third-order valence-corrected chi connectivity index (χ3v) is 2.39. The zero-order valence-electron chi connectivity index (χ0n) is 8.63. The van der Waals surface area contributed by atoms with Gasteiger partial charge in [0.2, 0.25) is 0 Å². The molecule has 0 aliphatic heterocycles. The average molecular weight is 196 g/mol. The summed E-state index contributed by atoms with van der Waals surface area (Å²) in [5, 5.41) is 0. The molecule has 0 aliphatic carbocycles. The molecule has 1 aromatic carbocycles. The van der Waals surface area contributed by atoms with E-state index in [0.717, 1.165) is 12.0 Å². The van der Waals surface area contributed by atoms with Gasteiger partial charge >= 0.3 is 0 Å². The second kappa shape index (κ2) is 5.08. The zero-order chi connectivity index (χ0) is 10.6. The van der Waals surface area contributed by atoms with E-state index in [0.29, 0.717) is 5.92 Å². The minimum absolute atomic E-state index is 0.199. The molecule has 0 amide bonds. The van der Waals surface area contributed by atoms with Crippen LogP contribution < -0.4 is 11.3 Å². The number of hydrazine groups is 1. The lowest BCUT2D eigenvalue weighted by atomic mass is 9.97. The lowest BCUT2D eigenvalue weighted by Crippen LogP contribution is -2.40. The maximum Gasteiger partial charge on any atom is 0.123 e. The van der Waals surface area contributed by atoms with Crippen molar-refractivity contribution in [1.29, 1.82) is 0 Å². The molecule has 0 fully saturated rings. The first-order valence-corrected chi connectivity index (χ1v) is 4.84. The Morgan fingerprint density at radius 1 is 1.29 bits per heavy atom. The van der Waals surface area contributed by atoms with Gasteiger partial charge in [-0.25, -0.2) is 4.39 Å². The number of nitrogens with one attached hydrogen (secondary N) is 1. The van der Waals surface area contributed by atoms with Gasteiger partial charge in [0, 0.05) is 6.04 Å². The lowest BCUT2D eigenvalue weighted by Gasteiger charge is -2.19. The van der Waals surface area contributed by atoms with Gasteiger partial charge in [-0.2, -0.15) is 0 Å². The Hall–Kier alpha value is -0.930. The van der Waals surface area contributed by atoms with Gasteiger partial charge < -0.3 is 0 Å². The van der Waals surface area contributed by atoms with Gasteiger partial charge in [-0.05, 0) is 30.0 Å². The Morgan fingerprint density at radius 2 is 1.86 bits per heavy atom. The Bertz CT molecular complexity index is 269. The molecule has 0 bridgehead atoms. The minimum Gasteiger partial charge on any atom is -0.271 e. The van der Waals surface area contributed by atoms with Crippen LogP contribution in [0, 0.1) is 11.7 Å². The van der Waals surface area contributed by atoms with Crippen LogP contribution in [0.25, 0.3) is 0 Å². The molecule has 0 radical (unpaired) electrons. The standard InChI is InChI=1S/C11H17FN2/c1-8(2)11(14-13)7-9-3-5-10(12)6-4-9/h3-6,8,11,14H,7,13H2,1-2H3. The molecular weight excluding hydrogens is 179 g/mol. The second-order valence-electron chi connectivity index (χ2n) is 3.85. The van der Waals surface area contributed by atoms with Crippen molar-refractivity contribution in [2.45, 2.75) is 26.3 Å². The van der Waals surface area contributed by atoms with E-state index in [2.05, 4.69) is 19.3 Å². The van der Waals surface area contributed by atoms with E-state index in [1.807, 2.05) is 0 Å². The van der Waals surface area contributed by atoms with Gasteiger partial charge in [-0.3, -0.25) is 11.3 Å². The molecule has 14 heavy (non-hydrogen) atoms. The number of hydrogen-bond acceptors (Lipinski definition) is 2. The number of hydrogen-bond donors (Lipinski definition) is 2. The van der Waals surface area contributed by atoms with Crippen LogP contribution in [-0.4, -0.2) is 6.04 Å². The summed E-state index contributed by atoms with van der Waals surface area (Å²) in [7, 11) is 0. The fraction of sp³-hybridized carbons (Fsp3) is 0.455. The Balaban J connectivity index is 2.63. The number of nitrogens with two attached hydrogens (primary N) is 1. The molecule has 0 spiro atoms. The molecule has 1 rings (SSSR count). The molecule has 3 heteroatoms. The molecule has 1 atom stereocenters. The van der Waals surface area contributed by atoms with Gasteiger partial charge in [0.15, 0.2) is 0 Å². The first-order valence-electron chi connectivity index (χ1n) is 4.84. The van der Waals surface area contributed by atoms with Crippen LogP contribution in [0.2, 0.25) is 0 Å². The predicted octanol–water partition coefficient (Wildman–Crippen LogP) is 1.86. The zero-order valence-corrected chi connectivity index (χ0v) is 8.63. The quantitative estimate of drug-likeness (QED) is 0.570. The van der Waals surface area contributed by atoms with Crippen molar-refractivity contribution in [3.05, 3.63) is 35.6 Å². The van der Waals surface area contributed by atoms with Crippen LogP contribution in [0.3, 0.4) is 0 Å². The summed E-state index contributed by atoms with van der Waals surface area (Å²) in [6.07, 6.45) is 0.828. The van der Waals surface area contributed by atoms with Crippen molar-refractivity contribution in [1.82, 2.24) is 5.43 Å². The largest absolute Gasteiger partial charge is 0.271 e. The summed E-state index contributed by atoms with van der Waals surface area (Å²) in [6, 6.07) is 6.77. The van der Waals surface area contributed by atoms with Crippen molar-refractivity contribution in [3.63, 3.8) is 0 Å². The summed E-state index contributed by atoms with van der Waals surface area (Å²) in [5.41, 5.74) is 3.87. The SMILES string of the molecule is CC(C)C(Cc1ccc(F)cc1)NN. The van der Waals surface area contributed by atoms with E-state index in [9.17, 15) is 4.39 Å². The van der Waals surface area contributed by atoms with Crippen molar-refractivity contribution in [2.75, 3.05) is 0 Å². The monoisotopic (exact) mass is 196 g/mol. The first kappa shape index (κ1) is 11.1. The summed E-state index contributed by atoms with van der Waals surface area (Å²) in [4.78, 5) is 0. The molecule has 78 valence electrons. The van der Waals surface area contributed by atoms with Crippen LogP contribution in [0.5, 0.6) is 0 Å². The molecule has 0 heterocycles. The van der Waals surface area contributed by atoms with E-state index < -0.39 is 0 Å². The van der Waals surface area contributed by atoms with E-state index in [1.165, 1.54) is 12.1 Å². The number of benzene rings is 1. The summed E-state index contributed by atoms with van der Waals surface area (Å²) in [6.45, 7) is 4.21. The van der Waals surface area contributed by atoms with Gasteiger partial charge in [0.1, 0.15) is 5.82 Å². The lowest BCUT2D eigenvalue weighted by molar-refractivity contribution is 0.404. The maximum atomic E-state index is 12.6. The molecule has 0 saturated carbocycles. The highest BCUT2D eigenvalue weighted by molar-refractivity contribution is 5.17. The fourth-order valence-corrected chi connectivity index (χ4v) is 1.36. The molecule has 1 unspecified atom stereocenters. The van der Waals surface area contributed by atoms with Crippen molar-refractivity contribution in [2.24, 2.45) is 11.8 Å². The Labute approximate surface area is 84.3 Å². The topological polar surface area (TPSA) is 38.0 Å². The average Bonchev–Trinajstić information content (AvgIpc) is 2.16. The summed E-state index contributed by atoms with van der Waals surface area (Å²) in [5.74, 6) is 5.69. The van der Waals surface area contributed by atoms with Gasteiger partial charge in [-0.1, -0.05) is 26.0 Å². The molecule has 1 aromatic rings. The highest BCUT2D eigenvalue weighted by atomic mass is 19.1. The highest BCUT2D eigenvalue weighted by Gasteiger charge is 2.11. The molecule has 3 N–H and O–H groups in total.